The Hall–Kier alpha value is -3.74. The molecule has 0 aromatic heterocycles. The topological polar surface area (TPSA) is 69.7 Å². The summed E-state index contributed by atoms with van der Waals surface area (Å²) in [7, 11) is 0. The Kier molecular flexibility index (Phi) is 9.14. The molecule has 0 atom stereocenters. The van der Waals surface area contributed by atoms with Crippen LogP contribution in [-0.4, -0.2) is 18.9 Å². The normalized spacial score (nSPS) is 11.4. The Morgan fingerprint density at radius 3 is 1.68 bits per heavy atom. The summed E-state index contributed by atoms with van der Waals surface area (Å²) in [5.41, 5.74) is 3.68. The van der Waals surface area contributed by atoms with Gasteiger partial charge >= 0.3 is 0 Å². The molecule has 0 aliphatic rings. The van der Waals surface area contributed by atoms with Crippen molar-refractivity contribution in [2.24, 2.45) is 20.5 Å². The number of nitrogens with zero attached hydrogens (tertiary/aromatic N) is 5. The lowest BCUT2D eigenvalue weighted by Crippen LogP contribution is -2.21. The summed E-state index contributed by atoms with van der Waals surface area (Å²) in [6.07, 6.45) is 1.99. The van der Waals surface area contributed by atoms with E-state index >= 15 is 0 Å². The molecule has 0 fully saturated rings. The predicted molar refractivity (Wildman–Crippen MR) is 135 cm³/mol. The highest BCUT2D eigenvalue weighted by molar-refractivity contribution is 5.96. The first-order valence-corrected chi connectivity index (χ1v) is 11.6. The number of unbranched alkanes of at least 4 members (excludes halogenated alkanes) is 1. The molecular weight excluding hydrogens is 429 g/mol. The van der Waals surface area contributed by atoms with E-state index in [0.717, 1.165) is 37.3 Å². The largest absolute Gasteiger partial charge is 0.372 e. The second-order valence-electron chi connectivity index (χ2n) is 7.80. The average molecular weight is 460 g/mol. The summed E-state index contributed by atoms with van der Waals surface area (Å²) in [5, 5.41) is 16.8. The molecule has 0 saturated carbocycles. The maximum absolute atomic E-state index is 14.3. The number of carbonyl (C=O) groups excluding carboxylic acids is 1. The van der Waals surface area contributed by atoms with Crippen molar-refractivity contribution >= 4 is 34.2 Å². The highest BCUT2D eigenvalue weighted by Gasteiger charge is 2.11. The Labute approximate surface area is 200 Å². The molecule has 0 bridgehead atoms. The number of hydrogen-bond acceptors (Lipinski definition) is 6. The van der Waals surface area contributed by atoms with Gasteiger partial charge in [0.2, 0.25) is 0 Å². The lowest BCUT2D eigenvalue weighted by molar-refractivity contribution is 0.0976. The van der Waals surface area contributed by atoms with Crippen molar-refractivity contribution < 1.29 is 9.18 Å². The smallest absolute Gasteiger partial charge is 0.165 e. The van der Waals surface area contributed by atoms with Crippen molar-refractivity contribution in [2.75, 3.05) is 18.0 Å². The van der Waals surface area contributed by atoms with Crippen LogP contribution in [0.15, 0.2) is 87.2 Å². The van der Waals surface area contributed by atoms with Crippen LogP contribution in [0.3, 0.4) is 0 Å². The zero-order valence-corrected chi connectivity index (χ0v) is 19.9. The van der Waals surface area contributed by atoms with Gasteiger partial charge in [0, 0.05) is 31.3 Å². The van der Waals surface area contributed by atoms with Crippen molar-refractivity contribution in [1.29, 1.82) is 0 Å². The number of azo groups is 2. The maximum Gasteiger partial charge on any atom is 0.165 e. The molecule has 3 aromatic rings. The molecule has 0 radical (unpaired) electrons. The van der Waals surface area contributed by atoms with E-state index < -0.39 is 5.82 Å². The van der Waals surface area contributed by atoms with Gasteiger partial charge in [0.15, 0.2) is 5.78 Å². The molecule has 34 heavy (non-hydrogen) atoms. The first-order valence-electron chi connectivity index (χ1n) is 11.6. The molecule has 3 aromatic carbocycles. The number of benzene rings is 3. The van der Waals surface area contributed by atoms with Crippen LogP contribution in [0.5, 0.6) is 0 Å². The number of carbonyl (C=O) groups is 1. The number of halogens is 1. The highest BCUT2D eigenvalue weighted by atomic mass is 19.1. The number of Topliss-reactive ketones (excluding diaryl/α,β-unsaturated/α-hetero) is 1. The monoisotopic (exact) mass is 459 g/mol. The van der Waals surface area contributed by atoms with Crippen LogP contribution in [0, 0.1) is 5.82 Å². The fourth-order valence-electron chi connectivity index (χ4n) is 3.40. The fraction of sp³-hybridized carbons (Fsp3) is 0.296. The third kappa shape index (κ3) is 6.88. The van der Waals surface area contributed by atoms with E-state index in [-0.39, 0.29) is 11.3 Å². The standard InChI is InChI=1S/C27H30FN5O/c1-4-7-8-27(34)25-18-15-23(19-26(25)28)32-31-21-11-9-20(10-12-21)29-30-22-13-16-24(17-14-22)33(5-2)6-3/h9-19H,4-8H2,1-3H3. The maximum atomic E-state index is 14.3. The zero-order chi connectivity index (χ0) is 24.3. The second-order valence-corrected chi connectivity index (χ2v) is 7.80. The van der Waals surface area contributed by atoms with E-state index in [2.05, 4.69) is 39.2 Å². The van der Waals surface area contributed by atoms with E-state index in [1.54, 1.807) is 30.3 Å². The molecule has 0 saturated heterocycles. The van der Waals surface area contributed by atoms with Gasteiger partial charge in [-0.15, -0.1) is 0 Å². The molecule has 0 aliphatic carbocycles. The lowest BCUT2D eigenvalue weighted by Gasteiger charge is -2.20. The van der Waals surface area contributed by atoms with Crippen LogP contribution in [-0.2, 0) is 0 Å². The Bertz CT molecular complexity index is 1140. The van der Waals surface area contributed by atoms with Crippen LogP contribution >= 0.6 is 0 Å². The third-order valence-electron chi connectivity index (χ3n) is 5.40. The highest BCUT2D eigenvalue weighted by Crippen LogP contribution is 2.26. The Balaban J connectivity index is 1.61. The van der Waals surface area contributed by atoms with Gasteiger partial charge in [0.25, 0.3) is 0 Å². The molecule has 6 nitrogen and oxygen atoms in total. The summed E-state index contributed by atoms with van der Waals surface area (Å²) in [4.78, 5) is 14.3. The van der Waals surface area contributed by atoms with Crippen LogP contribution in [0.2, 0.25) is 0 Å². The van der Waals surface area contributed by atoms with Gasteiger partial charge in [0.1, 0.15) is 5.82 Å². The SMILES string of the molecule is CCCCC(=O)c1ccc(N=Nc2ccc(N=Nc3ccc(N(CC)CC)cc3)cc2)cc1F. The molecule has 0 amide bonds. The second kappa shape index (κ2) is 12.5. The van der Waals surface area contributed by atoms with Crippen molar-refractivity contribution in [3.8, 4) is 0 Å². The minimum Gasteiger partial charge on any atom is -0.372 e. The van der Waals surface area contributed by atoms with E-state index in [4.69, 9.17) is 0 Å². The molecule has 0 N–H and O–H groups in total. The van der Waals surface area contributed by atoms with Gasteiger partial charge in [-0.05, 0) is 80.9 Å². The molecule has 0 unspecified atom stereocenters. The first kappa shape index (κ1) is 24.9. The molecule has 0 aliphatic heterocycles. The lowest BCUT2D eigenvalue weighted by atomic mass is 10.0. The summed E-state index contributed by atoms with van der Waals surface area (Å²) < 4.78 is 14.3. The summed E-state index contributed by atoms with van der Waals surface area (Å²) in [6.45, 7) is 8.17. The quantitative estimate of drug-likeness (QED) is 0.212. The van der Waals surface area contributed by atoms with Crippen LogP contribution in [0.4, 0.5) is 32.8 Å². The molecule has 0 spiro atoms. The molecule has 176 valence electrons. The average Bonchev–Trinajstić information content (AvgIpc) is 2.87. The molecule has 7 heteroatoms. The van der Waals surface area contributed by atoms with E-state index in [1.165, 1.54) is 12.1 Å². The minimum absolute atomic E-state index is 0.102. The fourth-order valence-corrected chi connectivity index (χ4v) is 3.40. The van der Waals surface area contributed by atoms with Gasteiger partial charge < -0.3 is 4.90 Å². The van der Waals surface area contributed by atoms with Gasteiger partial charge in [0.05, 0.1) is 28.3 Å². The minimum atomic E-state index is -0.571. The van der Waals surface area contributed by atoms with Crippen molar-refractivity contribution in [2.45, 2.75) is 40.0 Å². The Morgan fingerprint density at radius 1 is 0.735 bits per heavy atom. The number of hydrogen-bond donors (Lipinski definition) is 0. The van der Waals surface area contributed by atoms with Crippen molar-refractivity contribution in [1.82, 2.24) is 0 Å². The van der Waals surface area contributed by atoms with E-state index in [0.29, 0.717) is 23.5 Å². The van der Waals surface area contributed by atoms with Gasteiger partial charge in [-0.1, -0.05) is 13.3 Å². The van der Waals surface area contributed by atoms with Gasteiger partial charge in [-0.25, -0.2) is 4.39 Å². The number of anilines is 1. The van der Waals surface area contributed by atoms with Crippen molar-refractivity contribution in [3.05, 3.63) is 78.1 Å². The van der Waals surface area contributed by atoms with Crippen LogP contribution < -0.4 is 4.90 Å². The summed E-state index contributed by atoms with van der Waals surface area (Å²) in [6, 6.07) is 19.4. The van der Waals surface area contributed by atoms with Gasteiger partial charge in [-0.3, -0.25) is 4.79 Å². The molecule has 0 heterocycles. The third-order valence-corrected chi connectivity index (χ3v) is 5.40. The summed E-state index contributed by atoms with van der Waals surface area (Å²) in [5.74, 6) is -0.758. The Morgan fingerprint density at radius 2 is 1.21 bits per heavy atom. The molecule has 3 rings (SSSR count). The van der Waals surface area contributed by atoms with E-state index in [9.17, 15) is 9.18 Å². The van der Waals surface area contributed by atoms with Gasteiger partial charge in [-0.2, -0.15) is 20.5 Å². The first-order chi connectivity index (χ1) is 16.5. The van der Waals surface area contributed by atoms with Crippen LogP contribution in [0.1, 0.15) is 50.4 Å². The number of rotatable bonds is 11. The van der Waals surface area contributed by atoms with E-state index in [1.807, 2.05) is 31.2 Å². The van der Waals surface area contributed by atoms with Crippen LogP contribution in [0.25, 0.3) is 0 Å². The number of ketones is 1. The summed E-state index contributed by atoms with van der Waals surface area (Å²) >= 11 is 0. The zero-order valence-electron chi connectivity index (χ0n) is 19.9. The predicted octanol–water partition coefficient (Wildman–Crippen LogP) is 8.88. The molecular formula is C27H30FN5O. The van der Waals surface area contributed by atoms with Crippen molar-refractivity contribution in [3.63, 3.8) is 0 Å².